The predicted molar refractivity (Wildman–Crippen MR) is 59.4 cm³/mol. The summed E-state index contributed by atoms with van der Waals surface area (Å²) >= 11 is 0. The molecule has 1 aromatic rings. The Morgan fingerprint density at radius 1 is 1.31 bits per heavy atom. The van der Waals surface area contributed by atoms with Crippen molar-refractivity contribution in [2.75, 3.05) is 6.54 Å². The summed E-state index contributed by atoms with van der Waals surface area (Å²) in [5.74, 6) is -0.104. The minimum Gasteiger partial charge on any atom is -0.356 e. The molecule has 0 spiro atoms. The van der Waals surface area contributed by atoms with Crippen LogP contribution in [0.2, 0.25) is 0 Å². The highest BCUT2D eigenvalue weighted by Gasteiger charge is 2.08. The van der Waals surface area contributed by atoms with Crippen LogP contribution in [0.5, 0.6) is 0 Å². The third kappa shape index (κ3) is 3.08. The largest absolute Gasteiger partial charge is 0.356 e. The van der Waals surface area contributed by atoms with E-state index in [4.69, 9.17) is 0 Å². The maximum Gasteiger partial charge on any atom is 0.325 e. The molecule has 0 aliphatic rings. The molecule has 0 radical (unpaired) electrons. The zero-order chi connectivity index (χ0) is 12.1. The van der Waals surface area contributed by atoms with Gasteiger partial charge in [0.2, 0.25) is 5.91 Å². The van der Waals surface area contributed by atoms with Crippen molar-refractivity contribution in [2.45, 2.75) is 26.7 Å². The molecule has 16 heavy (non-hydrogen) atoms. The van der Waals surface area contributed by atoms with Crippen molar-refractivity contribution in [3.05, 3.63) is 32.1 Å². The van der Waals surface area contributed by atoms with Crippen LogP contribution in [-0.2, 0) is 11.2 Å². The van der Waals surface area contributed by atoms with Gasteiger partial charge in [-0.3, -0.25) is 14.6 Å². The molecule has 6 nitrogen and oxygen atoms in total. The number of hydrogen-bond acceptors (Lipinski definition) is 3. The van der Waals surface area contributed by atoms with Crippen molar-refractivity contribution in [3.63, 3.8) is 0 Å². The minimum atomic E-state index is -0.524. The van der Waals surface area contributed by atoms with Gasteiger partial charge in [0.15, 0.2) is 0 Å². The number of hydrogen-bond donors (Lipinski definition) is 3. The van der Waals surface area contributed by atoms with Crippen LogP contribution in [0, 0.1) is 6.92 Å². The van der Waals surface area contributed by atoms with Crippen LogP contribution in [0.4, 0.5) is 0 Å². The second-order valence-electron chi connectivity index (χ2n) is 3.47. The van der Waals surface area contributed by atoms with Gasteiger partial charge < -0.3 is 10.3 Å². The Morgan fingerprint density at radius 2 is 2.00 bits per heavy atom. The van der Waals surface area contributed by atoms with Gasteiger partial charge in [0, 0.05) is 24.2 Å². The Balaban J connectivity index is 2.79. The van der Waals surface area contributed by atoms with Gasteiger partial charge in [0.05, 0.1) is 0 Å². The first-order valence-electron chi connectivity index (χ1n) is 5.13. The molecule has 0 unspecified atom stereocenters. The van der Waals surface area contributed by atoms with Crippen molar-refractivity contribution < 1.29 is 4.79 Å². The Kier molecular flexibility index (Phi) is 4.04. The summed E-state index contributed by atoms with van der Waals surface area (Å²) < 4.78 is 0. The van der Waals surface area contributed by atoms with Gasteiger partial charge >= 0.3 is 5.69 Å². The van der Waals surface area contributed by atoms with Gasteiger partial charge in [-0.25, -0.2) is 4.79 Å². The van der Waals surface area contributed by atoms with Crippen molar-refractivity contribution in [1.82, 2.24) is 15.3 Å². The van der Waals surface area contributed by atoms with Crippen molar-refractivity contribution in [1.29, 1.82) is 0 Å². The Morgan fingerprint density at radius 3 is 2.56 bits per heavy atom. The molecule has 6 heteroatoms. The van der Waals surface area contributed by atoms with E-state index < -0.39 is 11.2 Å². The average molecular weight is 225 g/mol. The standard InChI is InChI=1S/C10H15N3O3/c1-3-11-8(14)5-4-7-6(2)12-10(16)13-9(7)15/h3-5H2,1-2H3,(H,11,14)(H2,12,13,15,16). The highest BCUT2D eigenvalue weighted by atomic mass is 16.2. The number of rotatable bonds is 4. The summed E-state index contributed by atoms with van der Waals surface area (Å²) in [5.41, 5.74) is 0.0127. The Labute approximate surface area is 92.1 Å². The van der Waals surface area contributed by atoms with E-state index in [2.05, 4.69) is 15.3 Å². The van der Waals surface area contributed by atoms with Gasteiger partial charge in [0.1, 0.15) is 0 Å². The number of aromatic amines is 2. The quantitative estimate of drug-likeness (QED) is 0.641. The van der Waals surface area contributed by atoms with Crippen molar-refractivity contribution in [3.8, 4) is 0 Å². The fourth-order valence-electron chi connectivity index (χ4n) is 1.45. The van der Waals surface area contributed by atoms with Crippen LogP contribution < -0.4 is 16.6 Å². The molecule has 0 aromatic carbocycles. The number of carbonyl (C=O) groups excluding carboxylic acids is 1. The van der Waals surface area contributed by atoms with E-state index in [9.17, 15) is 14.4 Å². The molecule has 88 valence electrons. The van der Waals surface area contributed by atoms with E-state index in [-0.39, 0.29) is 12.3 Å². The summed E-state index contributed by atoms with van der Waals surface area (Å²) in [5, 5.41) is 2.64. The lowest BCUT2D eigenvalue weighted by atomic mass is 10.1. The number of aryl methyl sites for hydroxylation is 1. The molecule has 0 aliphatic heterocycles. The Hall–Kier alpha value is -1.85. The lowest BCUT2D eigenvalue weighted by Crippen LogP contribution is -2.29. The van der Waals surface area contributed by atoms with Crippen molar-refractivity contribution in [2.24, 2.45) is 0 Å². The summed E-state index contributed by atoms with van der Waals surface area (Å²) in [7, 11) is 0. The first-order valence-corrected chi connectivity index (χ1v) is 5.13. The molecular weight excluding hydrogens is 210 g/mol. The van der Waals surface area contributed by atoms with Gasteiger partial charge in [-0.2, -0.15) is 0 Å². The topological polar surface area (TPSA) is 94.8 Å². The number of amides is 1. The van der Waals surface area contributed by atoms with Crippen LogP contribution in [0.15, 0.2) is 9.59 Å². The number of H-pyrrole nitrogens is 2. The molecule has 0 saturated heterocycles. The Bertz CT molecular complexity index is 487. The highest BCUT2D eigenvalue weighted by Crippen LogP contribution is 1.99. The molecule has 0 saturated carbocycles. The molecular formula is C10H15N3O3. The van der Waals surface area contributed by atoms with E-state index in [0.717, 1.165) is 0 Å². The van der Waals surface area contributed by atoms with E-state index >= 15 is 0 Å². The third-order valence-corrected chi connectivity index (χ3v) is 2.23. The minimum absolute atomic E-state index is 0.104. The summed E-state index contributed by atoms with van der Waals surface area (Å²) in [6.07, 6.45) is 0.563. The van der Waals surface area contributed by atoms with E-state index in [0.29, 0.717) is 24.2 Å². The SMILES string of the molecule is CCNC(=O)CCc1c(C)[nH]c(=O)[nH]c1=O. The van der Waals surface area contributed by atoms with Crippen LogP contribution in [0.25, 0.3) is 0 Å². The first-order chi connectivity index (χ1) is 7.54. The van der Waals surface area contributed by atoms with Crippen molar-refractivity contribution >= 4 is 5.91 Å². The molecule has 1 rings (SSSR count). The average Bonchev–Trinajstić information content (AvgIpc) is 2.16. The first kappa shape index (κ1) is 12.2. The maximum absolute atomic E-state index is 11.4. The van der Waals surface area contributed by atoms with Crippen LogP contribution in [-0.4, -0.2) is 22.4 Å². The zero-order valence-electron chi connectivity index (χ0n) is 9.35. The third-order valence-electron chi connectivity index (χ3n) is 2.23. The molecule has 1 heterocycles. The second kappa shape index (κ2) is 5.29. The van der Waals surface area contributed by atoms with Gasteiger partial charge in [-0.05, 0) is 20.3 Å². The smallest absolute Gasteiger partial charge is 0.325 e. The maximum atomic E-state index is 11.4. The normalized spacial score (nSPS) is 10.1. The summed E-state index contributed by atoms with van der Waals surface area (Å²) in [6.45, 7) is 4.04. The van der Waals surface area contributed by atoms with E-state index in [1.165, 1.54) is 0 Å². The summed E-state index contributed by atoms with van der Waals surface area (Å²) in [4.78, 5) is 38.2. The van der Waals surface area contributed by atoms with Gasteiger partial charge in [-0.1, -0.05) is 0 Å². The van der Waals surface area contributed by atoms with Crippen LogP contribution >= 0.6 is 0 Å². The lowest BCUT2D eigenvalue weighted by molar-refractivity contribution is -0.120. The fourth-order valence-corrected chi connectivity index (χ4v) is 1.45. The zero-order valence-corrected chi connectivity index (χ0v) is 9.35. The number of carbonyl (C=O) groups is 1. The summed E-state index contributed by atoms with van der Waals surface area (Å²) in [6, 6.07) is 0. The van der Waals surface area contributed by atoms with Gasteiger partial charge in [0.25, 0.3) is 5.56 Å². The molecule has 1 aromatic heterocycles. The molecule has 0 bridgehead atoms. The van der Waals surface area contributed by atoms with Crippen LogP contribution in [0.3, 0.4) is 0 Å². The molecule has 0 fully saturated rings. The molecule has 0 aliphatic carbocycles. The van der Waals surface area contributed by atoms with Crippen LogP contribution in [0.1, 0.15) is 24.6 Å². The highest BCUT2D eigenvalue weighted by molar-refractivity contribution is 5.76. The van der Waals surface area contributed by atoms with Gasteiger partial charge in [-0.15, -0.1) is 0 Å². The number of nitrogens with one attached hydrogen (secondary N) is 3. The van der Waals surface area contributed by atoms with E-state index in [1.807, 2.05) is 6.92 Å². The van der Waals surface area contributed by atoms with E-state index in [1.54, 1.807) is 6.92 Å². The predicted octanol–water partition coefficient (Wildman–Crippen LogP) is -0.560. The molecule has 1 amide bonds. The monoisotopic (exact) mass is 225 g/mol. The molecule has 3 N–H and O–H groups in total. The fraction of sp³-hybridized carbons (Fsp3) is 0.500. The number of aromatic nitrogens is 2. The lowest BCUT2D eigenvalue weighted by Gasteiger charge is -2.04. The molecule has 0 atom stereocenters. The second-order valence-corrected chi connectivity index (χ2v) is 3.47.